The Hall–Kier alpha value is -3.13. The van der Waals surface area contributed by atoms with Crippen LogP contribution in [0.25, 0.3) is 11.1 Å². The van der Waals surface area contributed by atoms with E-state index in [0.29, 0.717) is 29.6 Å². The SMILES string of the molecule is CC(=O)Cc1ccc2oc(=O)n(Cc3ccc(C#N)cc3)c2c1. The number of aromatic nitrogens is 1. The van der Waals surface area contributed by atoms with Gasteiger partial charge in [-0.05, 0) is 42.3 Å². The number of fused-ring (bicyclic) bond motifs is 1. The second kappa shape index (κ2) is 5.93. The number of hydrogen-bond donors (Lipinski definition) is 0. The van der Waals surface area contributed by atoms with Gasteiger partial charge < -0.3 is 4.42 Å². The molecular weight excluding hydrogens is 292 g/mol. The standard InChI is InChI=1S/C18H14N2O3/c1-12(21)8-15-6-7-17-16(9-15)20(18(22)23-17)11-14-4-2-13(10-19)3-5-14/h2-7,9H,8,11H2,1H3. The predicted molar refractivity (Wildman–Crippen MR) is 85.1 cm³/mol. The fourth-order valence-corrected chi connectivity index (χ4v) is 2.52. The minimum atomic E-state index is -0.440. The van der Waals surface area contributed by atoms with Gasteiger partial charge in [0.1, 0.15) is 5.78 Å². The molecular formula is C18H14N2O3. The number of nitriles is 1. The van der Waals surface area contributed by atoms with Crippen LogP contribution in [0, 0.1) is 11.3 Å². The van der Waals surface area contributed by atoms with Crippen molar-refractivity contribution in [2.45, 2.75) is 19.9 Å². The van der Waals surface area contributed by atoms with Crippen molar-refractivity contribution in [2.75, 3.05) is 0 Å². The fourth-order valence-electron chi connectivity index (χ4n) is 2.52. The molecule has 0 aliphatic carbocycles. The van der Waals surface area contributed by atoms with E-state index in [1.165, 1.54) is 11.5 Å². The zero-order valence-electron chi connectivity index (χ0n) is 12.6. The van der Waals surface area contributed by atoms with E-state index >= 15 is 0 Å². The van der Waals surface area contributed by atoms with Crippen LogP contribution >= 0.6 is 0 Å². The Balaban J connectivity index is 2.01. The van der Waals surface area contributed by atoms with Gasteiger partial charge in [-0.2, -0.15) is 5.26 Å². The number of hydrogen-bond acceptors (Lipinski definition) is 4. The Morgan fingerprint density at radius 3 is 2.52 bits per heavy atom. The van der Waals surface area contributed by atoms with Gasteiger partial charge in [0.25, 0.3) is 0 Å². The quantitative estimate of drug-likeness (QED) is 0.742. The van der Waals surface area contributed by atoms with Crippen LogP contribution < -0.4 is 5.76 Å². The summed E-state index contributed by atoms with van der Waals surface area (Å²) in [5, 5.41) is 8.83. The minimum absolute atomic E-state index is 0.0637. The zero-order chi connectivity index (χ0) is 16.4. The van der Waals surface area contributed by atoms with Crippen LogP contribution in [0.1, 0.15) is 23.6 Å². The third-order valence-corrected chi connectivity index (χ3v) is 3.61. The number of nitrogens with zero attached hydrogens (tertiary/aromatic N) is 2. The maximum absolute atomic E-state index is 12.1. The van der Waals surface area contributed by atoms with Gasteiger partial charge >= 0.3 is 5.76 Å². The summed E-state index contributed by atoms with van der Waals surface area (Å²) < 4.78 is 6.77. The van der Waals surface area contributed by atoms with Gasteiger partial charge in [-0.25, -0.2) is 4.79 Å². The molecule has 0 radical (unpaired) electrons. The van der Waals surface area contributed by atoms with Gasteiger partial charge in [-0.1, -0.05) is 18.2 Å². The van der Waals surface area contributed by atoms with Gasteiger partial charge in [0.15, 0.2) is 5.58 Å². The molecule has 2 aromatic carbocycles. The first kappa shape index (κ1) is 14.8. The summed E-state index contributed by atoms with van der Waals surface area (Å²) in [6.07, 6.45) is 0.326. The van der Waals surface area contributed by atoms with Crippen molar-refractivity contribution in [3.63, 3.8) is 0 Å². The van der Waals surface area contributed by atoms with Crippen LogP contribution in [0.3, 0.4) is 0 Å². The molecule has 0 fully saturated rings. The van der Waals surface area contributed by atoms with Gasteiger partial charge in [0, 0.05) is 6.42 Å². The first-order chi connectivity index (χ1) is 11.1. The predicted octanol–water partition coefficient (Wildman–Crippen LogP) is 2.65. The molecule has 0 bridgehead atoms. The maximum atomic E-state index is 12.1. The second-order valence-electron chi connectivity index (χ2n) is 5.44. The van der Waals surface area contributed by atoms with E-state index in [9.17, 15) is 9.59 Å². The van der Waals surface area contributed by atoms with E-state index in [-0.39, 0.29) is 5.78 Å². The van der Waals surface area contributed by atoms with Crippen molar-refractivity contribution in [3.05, 3.63) is 69.7 Å². The minimum Gasteiger partial charge on any atom is -0.408 e. The van der Waals surface area contributed by atoms with Crippen molar-refractivity contribution in [1.29, 1.82) is 5.26 Å². The summed E-state index contributed by atoms with van der Waals surface area (Å²) in [7, 11) is 0. The lowest BCUT2D eigenvalue weighted by molar-refractivity contribution is -0.116. The molecule has 0 unspecified atom stereocenters. The molecule has 5 heteroatoms. The molecule has 0 saturated carbocycles. The average Bonchev–Trinajstić information content (AvgIpc) is 2.83. The molecule has 0 aliphatic heterocycles. The van der Waals surface area contributed by atoms with Crippen LogP contribution in [0.2, 0.25) is 0 Å². The molecule has 0 atom stereocenters. The van der Waals surface area contributed by atoms with Gasteiger partial charge in [-0.15, -0.1) is 0 Å². The molecule has 5 nitrogen and oxygen atoms in total. The van der Waals surface area contributed by atoms with Crippen LogP contribution in [-0.4, -0.2) is 10.4 Å². The highest BCUT2D eigenvalue weighted by molar-refractivity contribution is 5.81. The zero-order valence-corrected chi connectivity index (χ0v) is 12.6. The lowest BCUT2D eigenvalue weighted by atomic mass is 10.1. The Bertz CT molecular complexity index is 972. The lowest BCUT2D eigenvalue weighted by Gasteiger charge is -2.04. The highest BCUT2D eigenvalue weighted by Gasteiger charge is 2.11. The highest BCUT2D eigenvalue weighted by Crippen LogP contribution is 2.17. The van der Waals surface area contributed by atoms with E-state index in [2.05, 4.69) is 6.07 Å². The Morgan fingerprint density at radius 1 is 1.17 bits per heavy atom. The molecule has 0 aliphatic rings. The van der Waals surface area contributed by atoms with E-state index in [1.54, 1.807) is 24.3 Å². The molecule has 23 heavy (non-hydrogen) atoms. The summed E-state index contributed by atoms with van der Waals surface area (Å²) in [5.41, 5.74) is 3.47. The summed E-state index contributed by atoms with van der Waals surface area (Å²) in [6, 6.07) is 14.4. The number of carbonyl (C=O) groups excluding carboxylic acids is 1. The highest BCUT2D eigenvalue weighted by atomic mass is 16.4. The van der Waals surface area contributed by atoms with Crippen LogP contribution in [0.15, 0.2) is 51.7 Å². The first-order valence-corrected chi connectivity index (χ1v) is 7.17. The summed E-state index contributed by atoms with van der Waals surface area (Å²) in [5.74, 6) is -0.377. The van der Waals surface area contributed by atoms with Crippen molar-refractivity contribution < 1.29 is 9.21 Å². The molecule has 0 N–H and O–H groups in total. The summed E-state index contributed by atoms with van der Waals surface area (Å²) in [4.78, 5) is 23.3. The van der Waals surface area contributed by atoms with Crippen molar-refractivity contribution in [2.24, 2.45) is 0 Å². The number of rotatable bonds is 4. The maximum Gasteiger partial charge on any atom is 0.420 e. The van der Waals surface area contributed by atoms with Crippen LogP contribution in [0.5, 0.6) is 0 Å². The number of Topliss-reactive ketones (excluding diaryl/α,β-unsaturated/α-hetero) is 1. The van der Waals surface area contributed by atoms with E-state index in [4.69, 9.17) is 9.68 Å². The third kappa shape index (κ3) is 3.06. The molecule has 1 heterocycles. The number of oxazole rings is 1. The fraction of sp³-hybridized carbons (Fsp3) is 0.167. The molecule has 0 spiro atoms. The Kier molecular flexibility index (Phi) is 3.82. The van der Waals surface area contributed by atoms with Crippen LogP contribution in [-0.2, 0) is 17.8 Å². The molecule has 3 rings (SSSR count). The molecule has 3 aromatic rings. The normalized spacial score (nSPS) is 10.6. The number of benzene rings is 2. The number of ketones is 1. The van der Waals surface area contributed by atoms with Crippen molar-refractivity contribution in [1.82, 2.24) is 4.57 Å². The summed E-state index contributed by atoms with van der Waals surface area (Å²) in [6.45, 7) is 1.88. The van der Waals surface area contributed by atoms with Gasteiger partial charge in [0.05, 0.1) is 23.7 Å². The molecule has 1 aromatic heterocycles. The van der Waals surface area contributed by atoms with Crippen molar-refractivity contribution in [3.8, 4) is 6.07 Å². The first-order valence-electron chi connectivity index (χ1n) is 7.17. The third-order valence-electron chi connectivity index (χ3n) is 3.61. The topological polar surface area (TPSA) is 76.0 Å². The van der Waals surface area contributed by atoms with Gasteiger partial charge in [-0.3, -0.25) is 9.36 Å². The number of carbonyl (C=O) groups is 1. The molecule has 114 valence electrons. The van der Waals surface area contributed by atoms with Gasteiger partial charge in [0.2, 0.25) is 0 Å². The molecule has 0 saturated heterocycles. The summed E-state index contributed by atoms with van der Waals surface area (Å²) >= 11 is 0. The lowest BCUT2D eigenvalue weighted by Crippen LogP contribution is -2.15. The van der Waals surface area contributed by atoms with E-state index in [1.807, 2.05) is 18.2 Å². The van der Waals surface area contributed by atoms with E-state index < -0.39 is 5.76 Å². The smallest absolute Gasteiger partial charge is 0.408 e. The Morgan fingerprint density at radius 2 is 1.87 bits per heavy atom. The van der Waals surface area contributed by atoms with Crippen molar-refractivity contribution >= 4 is 16.9 Å². The van der Waals surface area contributed by atoms with Crippen LogP contribution in [0.4, 0.5) is 0 Å². The second-order valence-corrected chi connectivity index (χ2v) is 5.44. The average molecular weight is 306 g/mol. The van der Waals surface area contributed by atoms with E-state index in [0.717, 1.165) is 11.1 Å². The molecule has 0 amide bonds. The Labute approximate surface area is 132 Å². The largest absolute Gasteiger partial charge is 0.420 e. The monoisotopic (exact) mass is 306 g/mol.